The third-order valence-electron chi connectivity index (χ3n) is 3.34. The molecule has 0 spiro atoms. The fourth-order valence-corrected chi connectivity index (χ4v) is 4.34. The second kappa shape index (κ2) is 7.09. The van der Waals surface area contributed by atoms with Gasteiger partial charge in [-0.05, 0) is 30.5 Å². The van der Waals surface area contributed by atoms with Gasteiger partial charge in [-0.2, -0.15) is 4.31 Å². The lowest BCUT2D eigenvalue weighted by Crippen LogP contribution is -2.32. The fourth-order valence-electron chi connectivity index (χ4n) is 2.30. The molecule has 0 aromatic heterocycles. The number of sulfonamides is 1. The molecular formula is C13H20Cl2N2O2S. The average molecular weight is 339 g/mol. The maximum atomic E-state index is 12.5. The lowest BCUT2D eigenvalue weighted by molar-refractivity contribution is 0.472. The molecule has 0 bridgehead atoms. The van der Waals surface area contributed by atoms with Crippen LogP contribution in [-0.2, 0) is 16.4 Å². The molecule has 1 aliphatic heterocycles. The van der Waals surface area contributed by atoms with Crippen LogP contribution in [-0.4, -0.2) is 31.9 Å². The maximum absolute atomic E-state index is 12.5. The lowest BCUT2D eigenvalue weighted by atomic mass is 10.1. The van der Waals surface area contributed by atoms with Crippen LogP contribution in [0.25, 0.3) is 0 Å². The van der Waals surface area contributed by atoms with E-state index in [9.17, 15) is 8.42 Å². The van der Waals surface area contributed by atoms with E-state index in [-0.39, 0.29) is 28.4 Å². The number of hydrogen-bond donors (Lipinski definition) is 1. The molecule has 0 radical (unpaired) electrons. The summed E-state index contributed by atoms with van der Waals surface area (Å²) in [4.78, 5) is 0.203. The van der Waals surface area contributed by atoms with Gasteiger partial charge >= 0.3 is 0 Å². The van der Waals surface area contributed by atoms with Gasteiger partial charge in [0.2, 0.25) is 10.0 Å². The van der Waals surface area contributed by atoms with Crippen molar-refractivity contribution in [3.05, 3.63) is 28.8 Å². The fraction of sp³-hybridized carbons (Fsp3) is 0.538. The molecule has 1 atom stereocenters. The van der Waals surface area contributed by atoms with Gasteiger partial charge in [-0.3, -0.25) is 0 Å². The molecule has 0 aliphatic carbocycles. The Morgan fingerprint density at radius 2 is 2.15 bits per heavy atom. The standard InChI is InChI=1S/C13H19ClN2O2S.ClH/c1-2-3-10-4-5-12(14)13(8-10)19(17,18)16-7-6-11(15)9-16;/h4-5,8,11H,2-3,6-7,9,15H2,1H3;1H/t11-;/m0./s1. The van der Waals surface area contributed by atoms with Crippen LogP contribution >= 0.6 is 24.0 Å². The SMILES string of the molecule is CCCc1ccc(Cl)c(S(=O)(=O)N2CC[C@H](N)C2)c1.Cl. The van der Waals surface area contributed by atoms with E-state index in [1.165, 1.54) is 4.31 Å². The molecule has 7 heteroatoms. The first-order valence-corrected chi connectivity index (χ1v) is 8.31. The van der Waals surface area contributed by atoms with E-state index in [0.717, 1.165) is 18.4 Å². The van der Waals surface area contributed by atoms with Gasteiger partial charge in [-0.25, -0.2) is 8.42 Å². The Morgan fingerprint density at radius 1 is 1.45 bits per heavy atom. The summed E-state index contributed by atoms with van der Waals surface area (Å²) < 4.78 is 26.5. The van der Waals surface area contributed by atoms with Gasteiger partial charge < -0.3 is 5.73 Å². The minimum atomic E-state index is -3.52. The first-order chi connectivity index (χ1) is 8.95. The predicted molar refractivity (Wildman–Crippen MR) is 84.0 cm³/mol. The zero-order valence-corrected chi connectivity index (χ0v) is 13.8. The minimum absolute atomic E-state index is 0. The number of halogens is 2. The van der Waals surface area contributed by atoms with Crippen LogP contribution in [0, 0.1) is 0 Å². The molecule has 20 heavy (non-hydrogen) atoms. The summed E-state index contributed by atoms with van der Waals surface area (Å²) >= 11 is 6.06. The van der Waals surface area contributed by atoms with Gasteiger partial charge in [0.15, 0.2) is 0 Å². The number of hydrogen-bond acceptors (Lipinski definition) is 3. The van der Waals surface area contributed by atoms with Crippen molar-refractivity contribution < 1.29 is 8.42 Å². The summed E-state index contributed by atoms with van der Waals surface area (Å²) in [7, 11) is -3.52. The topological polar surface area (TPSA) is 63.4 Å². The van der Waals surface area contributed by atoms with Gasteiger partial charge in [0.1, 0.15) is 4.90 Å². The van der Waals surface area contributed by atoms with Gasteiger partial charge in [0.25, 0.3) is 0 Å². The maximum Gasteiger partial charge on any atom is 0.244 e. The highest BCUT2D eigenvalue weighted by Crippen LogP contribution is 2.28. The quantitative estimate of drug-likeness (QED) is 0.916. The number of nitrogens with two attached hydrogens (primary N) is 1. The van der Waals surface area contributed by atoms with Crippen molar-refractivity contribution in [2.24, 2.45) is 5.73 Å². The molecule has 0 unspecified atom stereocenters. The van der Waals surface area contributed by atoms with Gasteiger partial charge in [0.05, 0.1) is 5.02 Å². The Bertz CT molecular complexity index is 563. The molecule has 1 aromatic rings. The Morgan fingerprint density at radius 3 is 2.70 bits per heavy atom. The summed E-state index contributed by atoms with van der Waals surface area (Å²) in [5, 5.41) is 0.278. The van der Waals surface area contributed by atoms with Crippen molar-refractivity contribution in [3.63, 3.8) is 0 Å². The van der Waals surface area contributed by atoms with Crippen molar-refractivity contribution in [1.29, 1.82) is 0 Å². The summed E-state index contributed by atoms with van der Waals surface area (Å²) in [5.74, 6) is 0. The zero-order valence-electron chi connectivity index (χ0n) is 11.4. The van der Waals surface area contributed by atoms with Crippen LogP contribution in [0.4, 0.5) is 0 Å². The molecule has 1 fully saturated rings. The van der Waals surface area contributed by atoms with E-state index < -0.39 is 10.0 Å². The highest BCUT2D eigenvalue weighted by atomic mass is 35.5. The van der Waals surface area contributed by atoms with Crippen LogP contribution in [0.1, 0.15) is 25.3 Å². The van der Waals surface area contributed by atoms with Crippen molar-refractivity contribution in [2.75, 3.05) is 13.1 Å². The smallest absolute Gasteiger partial charge is 0.244 e. The van der Waals surface area contributed by atoms with E-state index in [4.69, 9.17) is 17.3 Å². The third-order valence-corrected chi connectivity index (χ3v) is 5.69. The summed E-state index contributed by atoms with van der Waals surface area (Å²) in [6.45, 7) is 2.90. The van der Waals surface area contributed by atoms with Crippen LogP contribution in [0.3, 0.4) is 0 Å². The van der Waals surface area contributed by atoms with Crippen molar-refractivity contribution in [2.45, 2.75) is 37.1 Å². The number of nitrogens with zero attached hydrogens (tertiary/aromatic N) is 1. The number of aryl methyl sites for hydroxylation is 1. The van der Waals surface area contributed by atoms with Crippen LogP contribution < -0.4 is 5.73 Å². The van der Waals surface area contributed by atoms with Gasteiger partial charge in [-0.15, -0.1) is 12.4 Å². The third kappa shape index (κ3) is 3.65. The van der Waals surface area contributed by atoms with Crippen molar-refractivity contribution >= 4 is 34.0 Å². The molecule has 0 saturated carbocycles. The Balaban J connectivity index is 0.00000200. The molecule has 0 amide bonds. The Labute approximate surface area is 131 Å². The summed E-state index contributed by atoms with van der Waals surface area (Å²) in [6, 6.07) is 5.15. The molecule has 1 saturated heterocycles. The van der Waals surface area contributed by atoms with Crippen molar-refractivity contribution in [3.8, 4) is 0 Å². The average Bonchev–Trinajstić information content (AvgIpc) is 2.79. The molecular weight excluding hydrogens is 319 g/mol. The van der Waals surface area contributed by atoms with Crippen LogP contribution in [0.15, 0.2) is 23.1 Å². The summed E-state index contributed by atoms with van der Waals surface area (Å²) in [6.07, 6.45) is 2.51. The molecule has 2 rings (SSSR count). The van der Waals surface area contributed by atoms with E-state index in [0.29, 0.717) is 19.5 Å². The largest absolute Gasteiger partial charge is 0.326 e. The highest BCUT2D eigenvalue weighted by molar-refractivity contribution is 7.89. The Hall–Kier alpha value is -0.330. The molecule has 4 nitrogen and oxygen atoms in total. The Kier molecular flexibility index (Phi) is 6.28. The van der Waals surface area contributed by atoms with E-state index in [2.05, 4.69) is 6.92 Å². The van der Waals surface area contributed by atoms with Gasteiger partial charge in [0, 0.05) is 19.1 Å². The predicted octanol–water partition coefficient (Wildman–Crippen LogP) is 2.44. The highest BCUT2D eigenvalue weighted by Gasteiger charge is 2.32. The number of benzene rings is 1. The van der Waals surface area contributed by atoms with E-state index in [1.54, 1.807) is 12.1 Å². The van der Waals surface area contributed by atoms with E-state index >= 15 is 0 Å². The minimum Gasteiger partial charge on any atom is -0.326 e. The van der Waals surface area contributed by atoms with E-state index in [1.807, 2.05) is 6.07 Å². The molecule has 114 valence electrons. The molecule has 1 heterocycles. The first-order valence-electron chi connectivity index (χ1n) is 6.49. The number of rotatable bonds is 4. The van der Waals surface area contributed by atoms with Crippen molar-refractivity contribution in [1.82, 2.24) is 4.31 Å². The molecule has 2 N–H and O–H groups in total. The second-order valence-electron chi connectivity index (χ2n) is 4.93. The monoisotopic (exact) mass is 338 g/mol. The molecule has 1 aromatic carbocycles. The molecule has 1 aliphatic rings. The summed E-state index contributed by atoms with van der Waals surface area (Å²) in [5.41, 5.74) is 6.77. The normalized spacial score (nSPS) is 19.9. The lowest BCUT2D eigenvalue weighted by Gasteiger charge is -2.17. The van der Waals surface area contributed by atoms with Crippen LogP contribution in [0.5, 0.6) is 0 Å². The first kappa shape index (κ1) is 17.7. The zero-order chi connectivity index (χ0) is 14.0. The van der Waals surface area contributed by atoms with Crippen LogP contribution in [0.2, 0.25) is 5.02 Å². The second-order valence-corrected chi connectivity index (χ2v) is 7.24. The van der Waals surface area contributed by atoms with Gasteiger partial charge in [-0.1, -0.05) is 31.0 Å².